The summed E-state index contributed by atoms with van der Waals surface area (Å²) >= 11 is 6.45. The van der Waals surface area contributed by atoms with E-state index in [4.69, 9.17) is 16.3 Å². The molecule has 0 amide bonds. The van der Waals surface area contributed by atoms with Gasteiger partial charge in [0.15, 0.2) is 0 Å². The summed E-state index contributed by atoms with van der Waals surface area (Å²) in [6.07, 6.45) is 9.55. The highest BCUT2D eigenvalue weighted by Gasteiger charge is 2.15. The first-order valence-corrected chi connectivity index (χ1v) is 9.24. The molecule has 0 aliphatic carbocycles. The molecule has 0 aromatic heterocycles. The topological polar surface area (TPSA) is 15.7 Å². The molecule has 1 heterocycles. The Balaban J connectivity index is 1.94. The van der Waals surface area contributed by atoms with E-state index in [0.29, 0.717) is 23.7 Å². The fourth-order valence-corrected chi connectivity index (χ4v) is 3.00. The average Bonchev–Trinajstić information content (AvgIpc) is 2.59. The number of nitrogens with zero attached hydrogens (tertiary/aromatic N) is 2. The quantitative estimate of drug-likeness (QED) is 0.574. The average molecular weight is 367 g/mol. The summed E-state index contributed by atoms with van der Waals surface area (Å²) in [6, 6.07) is 3.27. The molecule has 2 rings (SSSR count). The highest BCUT2D eigenvalue weighted by Crippen LogP contribution is 2.27. The van der Waals surface area contributed by atoms with Crippen molar-refractivity contribution in [3.63, 3.8) is 0 Å². The van der Waals surface area contributed by atoms with Crippen molar-refractivity contribution < 1.29 is 9.13 Å². The zero-order valence-corrected chi connectivity index (χ0v) is 16.2. The third-order valence-corrected chi connectivity index (χ3v) is 4.58. The molecule has 0 atom stereocenters. The van der Waals surface area contributed by atoms with Crippen molar-refractivity contribution in [2.75, 3.05) is 27.2 Å². The van der Waals surface area contributed by atoms with Gasteiger partial charge in [-0.05, 0) is 44.3 Å². The molecule has 0 saturated carbocycles. The fourth-order valence-electron chi connectivity index (χ4n) is 2.73. The van der Waals surface area contributed by atoms with E-state index in [-0.39, 0.29) is 5.82 Å². The Hall–Kier alpha value is -1.52. The van der Waals surface area contributed by atoms with Crippen LogP contribution in [0.5, 0.6) is 0 Å². The number of ether oxygens (including phenoxy) is 1. The van der Waals surface area contributed by atoms with Crippen LogP contribution >= 0.6 is 11.6 Å². The third kappa shape index (κ3) is 6.05. The molecular formula is C20H28ClFN2O. The summed E-state index contributed by atoms with van der Waals surface area (Å²) in [6.45, 7) is 4.85. The molecule has 0 bridgehead atoms. The minimum absolute atomic E-state index is 0.251. The van der Waals surface area contributed by atoms with Gasteiger partial charge in [-0.3, -0.25) is 0 Å². The normalized spacial score (nSPS) is 14.2. The van der Waals surface area contributed by atoms with E-state index < -0.39 is 0 Å². The van der Waals surface area contributed by atoms with Crippen LogP contribution in [-0.4, -0.2) is 37.0 Å². The minimum atomic E-state index is -0.251. The van der Waals surface area contributed by atoms with Crippen LogP contribution in [0, 0.1) is 5.82 Å². The highest BCUT2D eigenvalue weighted by molar-refractivity contribution is 6.32. The molecule has 25 heavy (non-hydrogen) atoms. The highest BCUT2D eigenvalue weighted by atomic mass is 35.5. The van der Waals surface area contributed by atoms with Gasteiger partial charge in [0, 0.05) is 31.4 Å². The Morgan fingerprint density at radius 2 is 2.08 bits per heavy atom. The standard InChI is InChI=1S/C20H28ClFN2O/c1-4-5-6-13-25-17-9-11-24(12-10-17)14-16-7-8-19(22)18(20(16)21)15-23(2)3/h7-11H,4-6,12-15H2,1-3H3. The molecule has 1 aromatic carbocycles. The lowest BCUT2D eigenvalue weighted by molar-refractivity contribution is 0.211. The smallest absolute Gasteiger partial charge is 0.129 e. The van der Waals surface area contributed by atoms with E-state index >= 15 is 0 Å². The van der Waals surface area contributed by atoms with Crippen molar-refractivity contribution >= 4 is 11.6 Å². The molecule has 0 fully saturated rings. The van der Waals surface area contributed by atoms with E-state index in [9.17, 15) is 4.39 Å². The number of allylic oxidation sites excluding steroid dienone is 1. The van der Waals surface area contributed by atoms with E-state index in [0.717, 1.165) is 30.9 Å². The molecule has 3 nitrogen and oxygen atoms in total. The van der Waals surface area contributed by atoms with Crippen LogP contribution in [0.1, 0.15) is 37.3 Å². The van der Waals surface area contributed by atoms with Crippen LogP contribution in [0.3, 0.4) is 0 Å². The summed E-state index contributed by atoms with van der Waals surface area (Å²) in [5.74, 6) is 0.671. The van der Waals surface area contributed by atoms with Gasteiger partial charge in [-0.15, -0.1) is 0 Å². The lowest BCUT2D eigenvalue weighted by Crippen LogP contribution is -2.21. The molecule has 1 aromatic rings. The van der Waals surface area contributed by atoms with Crippen molar-refractivity contribution in [1.82, 2.24) is 9.80 Å². The molecule has 5 heteroatoms. The molecule has 1 aliphatic heterocycles. The van der Waals surface area contributed by atoms with Gasteiger partial charge in [-0.25, -0.2) is 4.39 Å². The number of hydrogen-bond donors (Lipinski definition) is 0. The number of rotatable bonds is 9. The van der Waals surface area contributed by atoms with Gasteiger partial charge in [0.25, 0.3) is 0 Å². The van der Waals surface area contributed by atoms with Crippen LogP contribution < -0.4 is 0 Å². The van der Waals surface area contributed by atoms with Gasteiger partial charge in [0.1, 0.15) is 11.6 Å². The molecule has 1 aliphatic rings. The first kappa shape index (κ1) is 19.8. The van der Waals surface area contributed by atoms with E-state index in [2.05, 4.69) is 17.9 Å². The van der Waals surface area contributed by atoms with Crippen molar-refractivity contribution in [1.29, 1.82) is 0 Å². The maximum absolute atomic E-state index is 14.0. The maximum atomic E-state index is 14.0. The van der Waals surface area contributed by atoms with Gasteiger partial charge >= 0.3 is 0 Å². The van der Waals surface area contributed by atoms with Gasteiger partial charge in [-0.1, -0.05) is 37.4 Å². The van der Waals surface area contributed by atoms with Gasteiger partial charge in [-0.2, -0.15) is 0 Å². The second-order valence-electron chi connectivity index (χ2n) is 6.64. The zero-order chi connectivity index (χ0) is 18.2. The Bertz CT molecular complexity index is 628. The van der Waals surface area contributed by atoms with E-state index in [1.54, 1.807) is 6.07 Å². The van der Waals surface area contributed by atoms with Crippen molar-refractivity contribution in [2.24, 2.45) is 0 Å². The lowest BCUT2D eigenvalue weighted by Gasteiger charge is -2.24. The van der Waals surface area contributed by atoms with Crippen molar-refractivity contribution in [3.8, 4) is 0 Å². The molecular weight excluding hydrogens is 339 g/mol. The molecule has 0 saturated heterocycles. The number of unbranched alkanes of at least 4 members (excludes halogenated alkanes) is 2. The summed E-state index contributed by atoms with van der Waals surface area (Å²) in [5.41, 5.74) is 1.49. The Morgan fingerprint density at radius 1 is 1.28 bits per heavy atom. The first-order valence-electron chi connectivity index (χ1n) is 8.87. The summed E-state index contributed by atoms with van der Waals surface area (Å²) in [5, 5.41) is 0.521. The lowest BCUT2D eigenvalue weighted by atomic mass is 10.1. The summed E-state index contributed by atoms with van der Waals surface area (Å²) in [4.78, 5) is 4.05. The van der Waals surface area contributed by atoms with Crippen LogP contribution in [0.15, 0.2) is 36.2 Å². The number of benzene rings is 1. The van der Waals surface area contributed by atoms with Gasteiger partial charge in [0.05, 0.1) is 11.6 Å². The fraction of sp³-hybridized carbons (Fsp3) is 0.500. The Kier molecular flexibility index (Phi) is 7.79. The van der Waals surface area contributed by atoms with Crippen LogP contribution in [0.25, 0.3) is 0 Å². The van der Waals surface area contributed by atoms with Crippen molar-refractivity contribution in [3.05, 3.63) is 58.2 Å². The number of hydrogen-bond acceptors (Lipinski definition) is 3. The van der Waals surface area contributed by atoms with Crippen LogP contribution in [-0.2, 0) is 17.8 Å². The van der Waals surface area contributed by atoms with Gasteiger partial charge in [0.2, 0.25) is 0 Å². The zero-order valence-electron chi connectivity index (χ0n) is 15.4. The van der Waals surface area contributed by atoms with E-state index in [1.807, 2.05) is 31.3 Å². The molecule has 0 unspecified atom stereocenters. The summed E-state index contributed by atoms with van der Waals surface area (Å²) < 4.78 is 19.8. The molecule has 138 valence electrons. The van der Waals surface area contributed by atoms with Gasteiger partial charge < -0.3 is 14.5 Å². The molecule has 0 radical (unpaired) electrons. The monoisotopic (exact) mass is 366 g/mol. The predicted octanol–water partition coefficient (Wildman–Crippen LogP) is 4.96. The predicted molar refractivity (Wildman–Crippen MR) is 102 cm³/mol. The summed E-state index contributed by atoms with van der Waals surface area (Å²) in [7, 11) is 3.81. The Labute approximate surface area is 155 Å². The SMILES string of the molecule is CCCCCOC1=CCN(Cc2ccc(F)c(CN(C)C)c2Cl)C=C1. The van der Waals surface area contributed by atoms with E-state index in [1.165, 1.54) is 18.9 Å². The second kappa shape index (κ2) is 9.83. The van der Waals surface area contributed by atoms with Crippen molar-refractivity contribution in [2.45, 2.75) is 39.3 Å². The second-order valence-corrected chi connectivity index (χ2v) is 7.02. The Morgan fingerprint density at radius 3 is 2.72 bits per heavy atom. The molecule has 0 spiro atoms. The third-order valence-electron chi connectivity index (χ3n) is 4.11. The maximum Gasteiger partial charge on any atom is 0.129 e. The minimum Gasteiger partial charge on any atom is -0.494 e. The largest absolute Gasteiger partial charge is 0.494 e. The molecule has 0 N–H and O–H groups in total. The first-order chi connectivity index (χ1) is 12.0. The number of halogens is 2. The van der Waals surface area contributed by atoms with Crippen LogP contribution in [0.4, 0.5) is 4.39 Å². The van der Waals surface area contributed by atoms with Crippen LogP contribution in [0.2, 0.25) is 5.02 Å².